The Labute approximate surface area is 130 Å². The minimum absolute atomic E-state index is 0.154. The molecule has 2 N–H and O–H groups in total. The molecule has 2 heterocycles. The van der Waals surface area contributed by atoms with Crippen molar-refractivity contribution in [3.05, 3.63) is 60.2 Å². The van der Waals surface area contributed by atoms with Gasteiger partial charge in [-0.1, -0.05) is 18.2 Å². The minimum Gasteiger partial charge on any atom is -0.367 e. The smallest absolute Gasteiger partial charge is 0.146 e. The molecule has 1 aromatic heterocycles. The summed E-state index contributed by atoms with van der Waals surface area (Å²) in [7, 11) is 0. The topological polar surface area (TPSA) is 45.4 Å². The third-order valence-corrected chi connectivity index (χ3v) is 4.24. The summed E-state index contributed by atoms with van der Waals surface area (Å²) in [5, 5.41) is 0. The van der Waals surface area contributed by atoms with Gasteiger partial charge < -0.3 is 10.6 Å². The van der Waals surface area contributed by atoms with Gasteiger partial charge in [-0.25, -0.2) is 4.39 Å². The SMILES string of the molecule is NCC(c1cccnc1)N1CCN(c2ccccc2F)CC1. The molecule has 1 unspecified atom stereocenters. The van der Waals surface area contributed by atoms with E-state index in [2.05, 4.69) is 20.9 Å². The van der Waals surface area contributed by atoms with Crippen molar-refractivity contribution in [1.29, 1.82) is 0 Å². The van der Waals surface area contributed by atoms with Gasteiger partial charge in [-0.05, 0) is 23.8 Å². The third-order valence-electron chi connectivity index (χ3n) is 4.24. The number of anilines is 1. The molecule has 2 aromatic rings. The number of nitrogens with zero attached hydrogens (tertiary/aromatic N) is 3. The monoisotopic (exact) mass is 300 g/mol. The Bertz CT molecular complexity index is 597. The van der Waals surface area contributed by atoms with Gasteiger partial charge in [-0.15, -0.1) is 0 Å². The molecule has 22 heavy (non-hydrogen) atoms. The average Bonchev–Trinajstić information content (AvgIpc) is 2.58. The van der Waals surface area contributed by atoms with Crippen LogP contribution in [0.1, 0.15) is 11.6 Å². The molecule has 0 saturated carbocycles. The zero-order valence-electron chi connectivity index (χ0n) is 12.5. The van der Waals surface area contributed by atoms with Crippen molar-refractivity contribution in [1.82, 2.24) is 9.88 Å². The summed E-state index contributed by atoms with van der Waals surface area (Å²) in [4.78, 5) is 8.64. The predicted molar refractivity (Wildman–Crippen MR) is 86.2 cm³/mol. The molecule has 0 aliphatic carbocycles. The van der Waals surface area contributed by atoms with Crippen molar-refractivity contribution >= 4 is 5.69 Å². The number of benzene rings is 1. The highest BCUT2D eigenvalue weighted by molar-refractivity contribution is 5.48. The normalized spacial score (nSPS) is 17.5. The van der Waals surface area contributed by atoms with Crippen LogP contribution < -0.4 is 10.6 Å². The molecule has 1 atom stereocenters. The zero-order valence-corrected chi connectivity index (χ0v) is 12.5. The Balaban J connectivity index is 1.67. The fourth-order valence-electron chi connectivity index (χ4n) is 3.05. The first-order valence-corrected chi connectivity index (χ1v) is 7.63. The molecule has 1 aliphatic heterocycles. The second kappa shape index (κ2) is 6.85. The lowest BCUT2D eigenvalue weighted by Crippen LogP contribution is -2.49. The molecule has 1 aliphatic rings. The van der Waals surface area contributed by atoms with Crippen LogP contribution in [-0.2, 0) is 0 Å². The lowest BCUT2D eigenvalue weighted by Gasteiger charge is -2.40. The summed E-state index contributed by atoms with van der Waals surface area (Å²) in [6.45, 7) is 3.90. The number of halogens is 1. The lowest BCUT2D eigenvalue weighted by atomic mass is 10.1. The molecule has 1 fully saturated rings. The number of para-hydroxylation sites is 1. The van der Waals surface area contributed by atoms with E-state index in [-0.39, 0.29) is 11.9 Å². The molecule has 0 radical (unpaired) electrons. The second-order valence-electron chi connectivity index (χ2n) is 5.51. The number of piperazine rings is 1. The molecule has 0 amide bonds. The van der Waals surface area contributed by atoms with Crippen LogP contribution in [0.15, 0.2) is 48.8 Å². The van der Waals surface area contributed by atoms with E-state index in [0.29, 0.717) is 12.2 Å². The van der Waals surface area contributed by atoms with Crippen LogP contribution in [0.4, 0.5) is 10.1 Å². The van der Waals surface area contributed by atoms with Gasteiger partial charge in [0.05, 0.1) is 5.69 Å². The maximum Gasteiger partial charge on any atom is 0.146 e. The van der Waals surface area contributed by atoms with E-state index in [0.717, 1.165) is 31.7 Å². The van der Waals surface area contributed by atoms with Gasteiger partial charge in [0, 0.05) is 51.2 Å². The van der Waals surface area contributed by atoms with Gasteiger partial charge in [0.25, 0.3) is 0 Å². The summed E-state index contributed by atoms with van der Waals surface area (Å²) in [5.74, 6) is -0.154. The Morgan fingerprint density at radius 1 is 1.09 bits per heavy atom. The maximum atomic E-state index is 13.9. The lowest BCUT2D eigenvalue weighted by molar-refractivity contribution is 0.189. The fourth-order valence-corrected chi connectivity index (χ4v) is 3.05. The molecule has 0 spiro atoms. The van der Waals surface area contributed by atoms with Gasteiger partial charge in [0.15, 0.2) is 0 Å². The van der Waals surface area contributed by atoms with Gasteiger partial charge in [0.1, 0.15) is 5.82 Å². The van der Waals surface area contributed by atoms with Crippen molar-refractivity contribution in [2.45, 2.75) is 6.04 Å². The van der Waals surface area contributed by atoms with Gasteiger partial charge in [0.2, 0.25) is 0 Å². The van der Waals surface area contributed by atoms with Crippen molar-refractivity contribution in [2.75, 3.05) is 37.6 Å². The van der Waals surface area contributed by atoms with E-state index in [1.807, 2.05) is 24.4 Å². The van der Waals surface area contributed by atoms with Gasteiger partial charge in [-0.2, -0.15) is 0 Å². The van der Waals surface area contributed by atoms with Crippen LogP contribution in [0, 0.1) is 5.82 Å². The third kappa shape index (κ3) is 3.10. The Morgan fingerprint density at radius 3 is 2.50 bits per heavy atom. The quantitative estimate of drug-likeness (QED) is 0.938. The first-order valence-electron chi connectivity index (χ1n) is 7.63. The standard InChI is InChI=1S/C17H21FN4/c18-15-5-1-2-6-16(15)21-8-10-22(11-9-21)17(12-19)14-4-3-7-20-13-14/h1-7,13,17H,8-12,19H2. The first kappa shape index (κ1) is 14.9. The molecule has 3 rings (SSSR count). The maximum absolute atomic E-state index is 13.9. The van der Waals surface area contributed by atoms with Crippen molar-refractivity contribution in [2.24, 2.45) is 5.73 Å². The largest absolute Gasteiger partial charge is 0.367 e. The van der Waals surface area contributed by atoms with Gasteiger partial charge in [-0.3, -0.25) is 9.88 Å². The number of aromatic nitrogens is 1. The molecular weight excluding hydrogens is 279 g/mol. The second-order valence-corrected chi connectivity index (χ2v) is 5.51. The number of pyridine rings is 1. The number of nitrogens with two attached hydrogens (primary N) is 1. The molecule has 116 valence electrons. The van der Waals surface area contributed by atoms with Crippen LogP contribution >= 0.6 is 0 Å². The molecule has 5 heteroatoms. The summed E-state index contributed by atoms with van der Waals surface area (Å²) >= 11 is 0. The van der Waals surface area contributed by atoms with Crippen molar-refractivity contribution < 1.29 is 4.39 Å². The van der Waals surface area contributed by atoms with Gasteiger partial charge >= 0.3 is 0 Å². The number of rotatable bonds is 4. The summed E-state index contributed by atoms with van der Waals surface area (Å²) < 4.78 is 13.9. The minimum atomic E-state index is -0.154. The van der Waals surface area contributed by atoms with Crippen LogP contribution in [0.3, 0.4) is 0 Å². The van der Waals surface area contributed by atoms with Crippen LogP contribution in [0.5, 0.6) is 0 Å². The Morgan fingerprint density at radius 2 is 1.86 bits per heavy atom. The predicted octanol–water partition coefficient (Wildman–Crippen LogP) is 2.04. The van der Waals surface area contributed by atoms with E-state index in [9.17, 15) is 4.39 Å². The van der Waals surface area contributed by atoms with Crippen LogP contribution in [-0.4, -0.2) is 42.6 Å². The summed E-state index contributed by atoms with van der Waals surface area (Å²) in [6, 6.07) is 11.1. The number of hydrogen-bond acceptors (Lipinski definition) is 4. The molecule has 4 nitrogen and oxygen atoms in total. The molecule has 1 aromatic carbocycles. The summed E-state index contributed by atoms with van der Waals surface area (Å²) in [5.41, 5.74) is 7.79. The van der Waals surface area contributed by atoms with E-state index in [1.54, 1.807) is 12.3 Å². The molecular formula is C17H21FN4. The van der Waals surface area contributed by atoms with E-state index in [4.69, 9.17) is 5.73 Å². The summed E-state index contributed by atoms with van der Waals surface area (Å²) in [6.07, 6.45) is 3.65. The highest BCUT2D eigenvalue weighted by Crippen LogP contribution is 2.24. The van der Waals surface area contributed by atoms with Crippen LogP contribution in [0.25, 0.3) is 0 Å². The Kier molecular flexibility index (Phi) is 4.65. The highest BCUT2D eigenvalue weighted by atomic mass is 19.1. The van der Waals surface area contributed by atoms with Crippen LogP contribution in [0.2, 0.25) is 0 Å². The molecule has 1 saturated heterocycles. The van der Waals surface area contributed by atoms with E-state index < -0.39 is 0 Å². The Hall–Kier alpha value is -1.98. The van der Waals surface area contributed by atoms with E-state index in [1.165, 1.54) is 6.07 Å². The highest BCUT2D eigenvalue weighted by Gasteiger charge is 2.25. The van der Waals surface area contributed by atoms with E-state index >= 15 is 0 Å². The van der Waals surface area contributed by atoms with Crippen molar-refractivity contribution in [3.63, 3.8) is 0 Å². The molecule has 0 bridgehead atoms. The fraction of sp³-hybridized carbons (Fsp3) is 0.353. The number of hydrogen-bond donors (Lipinski definition) is 1. The first-order chi connectivity index (χ1) is 10.8. The average molecular weight is 300 g/mol. The van der Waals surface area contributed by atoms with Crippen molar-refractivity contribution in [3.8, 4) is 0 Å². The zero-order chi connectivity index (χ0) is 15.4.